The minimum absolute atomic E-state index is 0.0228. The smallest absolute Gasteiger partial charge is 0.128 e. The van der Waals surface area contributed by atoms with Gasteiger partial charge in [0.15, 0.2) is 0 Å². The maximum absolute atomic E-state index is 6.31. The Morgan fingerprint density at radius 2 is 2.10 bits per heavy atom. The number of methoxy groups -OCH3 is 1. The van der Waals surface area contributed by atoms with Crippen LogP contribution in [0, 0.1) is 0 Å². The molecule has 1 aromatic carbocycles. The van der Waals surface area contributed by atoms with Gasteiger partial charge in [-0.1, -0.05) is 0 Å². The lowest BCUT2D eigenvalue weighted by molar-refractivity contribution is 0.415. The molecule has 0 radical (unpaired) electrons. The molecule has 0 bridgehead atoms. The van der Waals surface area contributed by atoms with E-state index in [4.69, 9.17) is 20.8 Å². The third kappa shape index (κ3) is 2.40. The fraction of sp³-hybridized carbons (Fsp3) is 0.312. The number of nitrogens with zero attached hydrogens (tertiary/aromatic N) is 2. The lowest BCUT2D eigenvalue weighted by Crippen LogP contribution is -2.10. The minimum atomic E-state index is -0.194. The van der Waals surface area contributed by atoms with Crippen molar-refractivity contribution in [1.82, 2.24) is 9.55 Å². The number of ether oxygens (including phenoxy) is 1. The average Bonchev–Trinajstić information content (AvgIpc) is 3.13. The Morgan fingerprint density at radius 1 is 1.29 bits per heavy atom. The van der Waals surface area contributed by atoms with Gasteiger partial charge in [0.1, 0.15) is 17.3 Å². The summed E-state index contributed by atoms with van der Waals surface area (Å²) in [5.41, 5.74) is 1.89. The zero-order valence-corrected chi connectivity index (χ0v) is 13.0. The van der Waals surface area contributed by atoms with Crippen LogP contribution in [0.3, 0.4) is 0 Å². The average molecular weight is 305 g/mol. The summed E-state index contributed by atoms with van der Waals surface area (Å²) in [7, 11) is 1.65. The van der Waals surface area contributed by atoms with Gasteiger partial charge in [-0.15, -0.1) is 11.6 Å². The number of benzene rings is 1. The van der Waals surface area contributed by atoms with Crippen molar-refractivity contribution < 1.29 is 9.15 Å². The van der Waals surface area contributed by atoms with Crippen molar-refractivity contribution in [2.24, 2.45) is 0 Å². The van der Waals surface area contributed by atoms with Crippen LogP contribution in [-0.4, -0.2) is 16.7 Å². The summed E-state index contributed by atoms with van der Waals surface area (Å²) in [5, 5.41) is -0.194. The molecule has 110 valence electrons. The Balaban J connectivity index is 2.21. The molecule has 0 saturated heterocycles. The first-order valence-electron chi connectivity index (χ1n) is 6.85. The molecule has 3 rings (SSSR count). The molecule has 0 aliphatic heterocycles. The number of halogens is 1. The number of imidazole rings is 1. The van der Waals surface area contributed by atoms with Crippen molar-refractivity contribution in [2.45, 2.75) is 25.3 Å². The summed E-state index contributed by atoms with van der Waals surface area (Å²) >= 11 is 6.31. The van der Waals surface area contributed by atoms with Gasteiger partial charge in [0.2, 0.25) is 0 Å². The highest BCUT2D eigenvalue weighted by atomic mass is 35.5. The predicted molar refractivity (Wildman–Crippen MR) is 83.1 cm³/mol. The Labute approximate surface area is 128 Å². The third-order valence-electron chi connectivity index (χ3n) is 3.62. The Morgan fingerprint density at radius 3 is 2.71 bits per heavy atom. The largest absolute Gasteiger partial charge is 0.497 e. The topological polar surface area (TPSA) is 40.2 Å². The molecule has 2 atom stereocenters. The van der Waals surface area contributed by atoms with Crippen molar-refractivity contribution in [3.63, 3.8) is 0 Å². The van der Waals surface area contributed by atoms with E-state index < -0.39 is 0 Å². The molecule has 3 aromatic rings. The summed E-state index contributed by atoms with van der Waals surface area (Å²) in [6.45, 7) is 4.00. The first-order chi connectivity index (χ1) is 10.1. The molecule has 2 unspecified atom stereocenters. The molecule has 0 saturated carbocycles. The number of hydrogen-bond donors (Lipinski definition) is 0. The number of fused-ring (bicyclic) bond motifs is 1. The SMILES string of the molecule is COc1ccc2c(c1)nc(C(C)Cl)n2C(C)c1ccco1. The maximum atomic E-state index is 6.31. The molecule has 2 heterocycles. The Hall–Kier alpha value is -1.94. The first kappa shape index (κ1) is 14.0. The number of aromatic nitrogens is 2. The highest BCUT2D eigenvalue weighted by molar-refractivity contribution is 6.20. The van der Waals surface area contributed by atoms with Crippen LogP contribution in [0.5, 0.6) is 5.75 Å². The third-order valence-corrected chi connectivity index (χ3v) is 3.82. The van der Waals surface area contributed by atoms with Crippen LogP contribution in [0.2, 0.25) is 0 Å². The number of rotatable bonds is 4. The first-order valence-corrected chi connectivity index (χ1v) is 7.28. The number of alkyl halides is 1. The van der Waals surface area contributed by atoms with Crippen LogP contribution in [0.15, 0.2) is 41.0 Å². The summed E-state index contributed by atoms with van der Waals surface area (Å²) in [5.74, 6) is 2.49. The van der Waals surface area contributed by atoms with E-state index in [2.05, 4.69) is 16.5 Å². The van der Waals surface area contributed by atoms with Crippen LogP contribution in [0.25, 0.3) is 11.0 Å². The quantitative estimate of drug-likeness (QED) is 0.664. The van der Waals surface area contributed by atoms with Crippen molar-refractivity contribution in [3.05, 3.63) is 48.2 Å². The molecule has 0 aliphatic rings. The van der Waals surface area contributed by atoms with E-state index in [0.717, 1.165) is 28.4 Å². The predicted octanol–water partition coefficient (Wildman–Crippen LogP) is 4.55. The molecule has 2 aromatic heterocycles. The summed E-state index contributed by atoms with van der Waals surface area (Å²) in [6, 6.07) is 9.72. The van der Waals surface area contributed by atoms with Crippen molar-refractivity contribution >= 4 is 22.6 Å². The molecule has 0 amide bonds. The van der Waals surface area contributed by atoms with Gasteiger partial charge in [-0.3, -0.25) is 0 Å². The highest BCUT2D eigenvalue weighted by Gasteiger charge is 2.21. The summed E-state index contributed by atoms with van der Waals surface area (Å²) in [6.07, 6.45) is 1.68. The van der Waals surface area contributed by atoms with Crippen LogP contribution >= 0.6 is 11.6 Å². The van der Waals surface area contributed by atoms with E-state index in [1.807, 2.05) is 37.3 Å². The second-order valence-corrected chi connectivity index (χ2v) is 5.66. The molecule has 0 fully saturated rings. The van der Waals surface area contributed by atoms with Gasteiger partial charge in [0.05, 0.1) is 35.8 Å². The lowest BCUT2D eigenvalue weighted by atomic mass is 10.2. The van der Waals surface area contributed by atoms with Crippen molar-refractivity contribution in [2.75, 3.05) is 7.11 Å². The van der Waals surface area contributed by atoms with Crippen LogP contribution < -0.4 is 4.74 Å². The van der Waals surface area contributed by atoms with Gasteiger partial charge in [-0.05, 0) is 38.1 Å². The van der Waals surface area contributed by atoms with E-state index in [9.17, 15) is 0 Å². The molecule has 0 aliphatic carbocycles. The fourth-order valence-electron chi connectivity index (χ4n) is 2.57. The van der Waals surface area contributed by atoms with Crippen LogP contribution in [-0.2, 0) is 0 Å². The zero-order valence-electron chi connectivity index (χ0n) is 12.2. The second kappa shape index (κ2) is 5.45. The molecule has 21 heavy (non-hydrogen) atoms. The Bertz CT molecular complexity index is 747. The molecular weight excluding hydrogens is 288 g/mol. The maximum Gasteiger partial charge on any atom is 0.128 e. The Kier molecular flexibility index (Phi) is 3.64. The molecular formula is C16H17ClN2O2. The van der Waals surface area contributed by atoms with E-state index in [1.54, 1.807) is 13.4 Å². The fourth-order valence-corrected chi connectivity index (χ4v) is 2.72. The monoisotopic (exact) mass is 304 g/mol. The van der Waals surface area contributed by atoms with Gasteiger partial charge in [0.25, 0.3) is 0 Å². The van der Waals surface area contributed by atoms with Crippen LogP contribution in [0.4, 0.5) is 0 Å². The summed E-state index contributed by atoms with van der Waals surface area (Å²) < 4.78 is 12.9. The van der Waals surface area contributed by atoms with Crippen LogP contribution in [0.1, 0.15) is 36.9 Å². The molecule has 0 spiro atoms. The lowest BCUT2D eigenvalue weighted by Gasteiger charge is -2.16. The normalized spacial score (nSPS) is 14.3. The van der Waals surface area contributed by atoms with E-state index in [-0.39, 0.29) is 11.4 Å². The van der Waals surface area contributed by atoms with Gasteiger partial charge >= 0.3 is 0 Å². The van der Waals surface area contributed by atoms with E-state index in [1.165, 1.54) is 0 Å². The number of furan rings is 1. The van der Waals surface area contributed by atoms with Gasteiger partial charge in [-0.25, -0.2) is 4.98 Å². The summed E-state index contributed by atoms with van der Waals surface area (Å²) in [4.78, 5) is 4.66. The highest BCUT2D eigenvalue weighted by Crippen LogP contribution is 2.32. The van der Waals surface area contributed by atoms with E-state index in [0.29, 0.717) is 0 Å². The number of hydrogen-bond acceptors (Lipinski definition) is 3. The van der Waals surface area contributed by atoms with Crippen molar-refractivity contribution in [1.29, 1.82) is 0 Å². The molecule has 5 heteroatoms. The molecule has 0 N–H and O–H groups in total. The second-order valence-electron chi connectivity index (χ2n) is 5.00. The van der Waals surface area contributed by atoms with Crippen molar-refractivity contribution in [3.8, 4) is 5.75 Å². The van der Waals surface area contributed by atoms with Gasteiger partial charge in [0, 0.05) is 6.07 Å². The standard InChI is InChI=1S/C16H17ClN2O2/c1-10(17)16-18-13-9-12(20-3)6-7-14(13)19(16)11(2)15-5-4-8-21-15/h4-11H,1-3H3. The van der Waals surface area contributed by atoms with Gasteiger partial charge in [-0.2, -0.15) is 0 Å². The van der Waals surface area contributed by atoms with E-state index >= 15 is 0 Å². The molecule has 4 nitrogen and oxygen atoms in total. The zero-order chi connectivity index (χ0) is 15.0. The minimum Gasteiger partial charge on any atom is -0.497 e. The van der Waals surface area contributed by atoms with Gasteiger partial charge < -0.3 is 13.7 Å².